The van der Waals surface area contributed by atoms with Gasteiger partial charge in [-0.25, -0.2) is 12.7 Å². The fraction of sp³-hybridized carbons (Fsp3) is 0.500. The smallest absolute Gasteiger partial charge is 0.212 e. The summed E-state index contributed by atoms with van der Waals surface area (Å²) in [6.45, 7) is 4.98. The number of nitriles is 1. The van der Waals surface area contributed by atoms with Gasteiger partial charge in [-0.1, -0.05) is 32.0 Å². The van der Waals surface area contributed by atoms with E-state index in [2.05, 4.69) is 0 Å². The SMILES string of the molecule is CCCN(CCC)S(=O)(=O)Cc1ccccc1C#N. The van der Waals surface area contributed by atoms with Crippen LogP contribution >= 0.6 is 0 Å². The summed E-state index contributed by atoms with van der Waals surface area (Å²) < 4.78 is 26.2. The minimum atomic E-state index is -3.35. The molecule has 0 heterocycles. The van der Waals surface area contributed by atoms with Crippen LogP contribution in [-0.4, -0.2) is 25.8 Å². The first kappa shape index (κ1) is 15.7. The van der Waals surface area contributed by atoms with Gasteiger partial charge >= 0.3 is 0 Å². The summed E-state index contributed by atoms with van der Waals surface area (Å²) in [6, 6.07) is 8.89. The van der Waals surface area contributed by atoms with Crippen molar-refractivity contribution in [3.63, 3.8) is 0 Å². The lowest BCUT2D eigenvalue weighted by Crippen LogP contribution is -2.33. The van der Waals surface area contributed by atoms with E-state index in [4.69, 9.17) is 5.26 Å². The fourth-order valence-electron chi connectivity index (χ4n) is 1.93. The molecule has 0 saturated carbocycles. The molecule has 0 atom stereocenters. The highest BCUT2D eigenvalue weighted by Gasteiger charge is 2.22. The molecule has 0 aliphatic rings. The van der Waals surface area contributed by atoms with Crippen LogP contribution < -0.4 is 0 Å². The Balaban J connectivity index is 2.98. The van der Waals surface area contributed by atoms with Crippen molar-refractivity contribution in [1.29, 1.82) is 5.26 Å². The van der Waals surface area contributed by atoms with E-state index >= 15 is 0 Å². The highest BCUT2D eigenvalue weighted by molar-refractivity contribution is 7.88. The Kier molecular flexibility index (Phi) is 6.00. The van der Waals surface area contributed by atoms with Crippen LogP contribution in [0.15, 0.2) is 24.3 Å². The molecule has 0 aliphatic heterocycles. The maximum atomic E-state index is 12.4. The van der Waals surface area contributed by atoms with Gasteiger partial charge in [0.05, 0.1) is 17.4 Å². The van der Waals surface area contributed by atoms with Gasteiger partial charge in [0.2, 0.25) is 10.0 Å². The summed E-state index contributed by atoms with van der Waals surface area (Å²) in [4.78, 5) is 0. The second kappa shape index (κ2) is 7.27. The minimum absolute atomic E-state index is 0.100. The van der Waals surface area contributed by atoms with Gasteiger partial charge in [0.1, 0.15) is 0 Å². The molecule has 5 heteroatoms. The van der Waals surface area contributed by atoms with Crippen LogP contribution in [0.3, 0.4) is 0 Å². The zero-order valence-corrected chi connectivity index (χ0v) is 12.3. The van der Waals surface area contributed by atoms with Gasteiger partial charge in [0.15, 0.2) is 0 Å². The molecule has 1 aromatic carbocycles. The van der Waals surface area contributed by atoms with Crippen LogP contribution in [0.25, 0.3) is 0 Å². The maximum absolute atomic E-state index is 12.4. The Morgan fingerprint density at radius 3 is 2.26 bits per heavy atom. The van der Waals surface area contributed by atoms with Crippen LogP contribution in [0.1, 0.15) is 37.8 Å². The number of benzene rings is 1. The summed E-state index contributed by atoms with van der Waals surface area (Å²) in [6.07, 6.45) is 1.58. The molecule has 0 unspecified atom stereocenters. The number of sulfonamides is 1. The van der Waals surface area contributed by atoms with Crippen molar-refractivity contribution in [2.45, 2.75) is 32.4 Å². The molecule has 0 N–H and O–H groups in total. The monoisotopic (exact) mass is 280 g/mol. The van der Waals surface area contributed by atoms with Crippen LogP contribution in [0, 0.1) is 11.3 Å². The molecule has 0 fully saturated rings. The molecule has 0 spiro atoms. The topological polar surface area (TPSA) is 61.2 Å². The third-order valence-electron chi connectivity index (χ3n) is 2.82. The molecular formula is C14H20N2O2S. The van der Waals surface area contributed by atoms with Gasteiger partial charge in [-0.3, -0.25) is 0 Å². The molecule has 0 aromatic heterocycles. The zero-order valence-electron chi connectivity index (χ0n) is 11.5. The molecule has 0 radical (unpaired) electrons. The number of rotatable bonds is 7. The van der Waals surface area contributed by atoms with Gasteiger partial charge in [0, 0.05) is 13.1 Å². The second-order valence-corrected chi connectivity index (χ2v) is 6.39. The van der Waals surface area contributed by atoms with Crippen LogP contribution in [0.5, 0.6) is 0 Å². The van der Waals surface area contributed by atoms with E-state index in [-0.39, 0.29) is 5.75 Å². The fourth-order valence-corrected chi connectivity index (χ4v) is 3.68. The molecule has 1 aromatic rings. The largest absolute Gasteiger partial charge is 0.218 e. The van der Waals surface area contributed by atoms with Gasteiger partial charge in [-0.15, -0.1) is 0 Å². The van der Waals surface area contributed by atoms with Gasteiger partial charge in [-0.2, -0.15) is 5.26 Å². The van der Waals surface area contributed by atoms with Crippen molar-refractivity contribution in [2.24, 2.45) is 0 Å². The van der Waals surface area contributed by atoms with E-state index in [1.165, 1.54) is 4.31 Å². The van der Waals surface area contributed by atoms with Crippen molar-refractivity contribution in [2.75, 3.05) is 13.1 Å². The molecule has 0 amide bonds. The second-order valence-electron chi connectivity index (χ2n) is 4.42. The lowest BCUT2D eigenvalue weighted by Gasteiger charge is -2.21. The van der Waals surface area contributed by atoms with Crippen LogP contribution in [0.4, 0.5) is 0 Å². The Morgan fingerprint density at radius 2 is 1.74 bits per heavy atom. The standard InChI is InChI=1S/C14H20N2O2S/c1-3-9-16(10-4-2)19(17,18)12-14-8-6-5-7-13(14)11-15/h5-8H,3-4,9-10,12H2,1-2H3. The van der Waals surface area contributed by atoms with E-state index in [1.54, 1.807) is 24.3 Å². The molecule has 104 valence electrons. The average Bonchev–Trinajstić information content (AvgIpc) is 2.38. The van der Waals surface area contributed by atoms with Crippen molar-refractivity contribution in [3.8, 4) is 6.07 Å². The highest BCUT2D eigenvalue weighted by Crippen LogP contribution is 2.15. The summed E-state index contributed by atoms with van der Waals surface area (Å²) in [5.74, 6) is -0.100. The highest BCUT2D eigenvalue weighted by atomic mass is 32.2. The minimum Gasteiger partial charge on any atom is -0.212 e. The Bertz CT molecular complexity index is 541. The molecule has 4 nitrogen and oxygen atoms in total. The van der Waals surface area contributed by atoms with Crippen molar-refractivity contribution >= 4 is 10.0 Å². The number of hydrogen-bond acceptors (Lipinski definition) is 3. The van der Waals surface area contributed by atoms with Crippen LogP contribution in [0.2, 0.25) is 0 Å². The predicted octanol–water partition coefficient (Wildman–Crippen LogP) is 2.51. The first-order chi connectivity index (χ1) is 9.05. The molecule has 0 bridgehead atoms. The quantitative estimate of drug-likeness (QED) is 0.771. The summed E-state index contributed by atoms with van der Waals surface area (Å²) >= 11 is 0. The van der Waals surface area contributed by atoms with E-state index < -0.39 is 10.0 Å². The summed E-state index contributed by atoms with van der Waals surface area (Å²) in [7, 11) is -3.35. The lowest BCUT2D eigenvalue weighted by atomic mass is 10.1. The van der Waals surface area contributed by atoms with Crippen LogP contribution in [-0.2, 0) is 15.8 Å². The first-order valence-corrected chi connectivity index (χ1v) is 8.11. The molecule has 0 aliphatic carbocycles. The normalized spacial score (nSPS) is 11.5. The van der Waals surface area contributed by atoms with E-state index in [1.807, 2.05) is 19.9 Å². The van der Waals surface area contributed by atoms with Crippen molar-refractivity contribution in [1.82, 2.24) is 4.31 Å². The zero-order chi connectivity index (χ0) is 14.3. The first-order valence-electron chi connectivity index (χ1n) is 6.51. The molecule has 19 heavy (non-hydrogen) atoms. The third-order valence-corrected chi connectivity index (χ3v) is 4.64. The van der Waals surface area contributed by atoms with Crippen molar-refractivity contribution < 1.29 is 8.42 Å². The number of nitrogens with zero attached hydrogens (tertiary/aromatic N) is 2. The molecular weight excluding hydrogens is 260 g/mol. The summed E-state index contributed by atoms with van der Waals surface area (Å²) in [5, 5.41) is 9.00. The van der Waals surface area contributed by atoms with Gasteiger partial charge < -0.3 is 0 Å². The Hall–Kier alpha value is -1.38. The van der Waals surface area contributed by atoms with E-state index in [0.717, 1.165) is 12.8 Å². The maximum Gasteiger partial charge on any atom is 0.218 e. The molecule has 1 rings (SSSR count). The lowest BCUT2D eigenvalue weighted by molar-refractivity contribution is 0.409. The van der Waals surface area contributed by atoms with E-state index in [0.29, 0.717) is 24.2 Å². The van der Waals surface area contributed by atoms with Gasteiger partial charge in [-0.05, 0) is 24.5 Å². The number of hydrogen-bond donors (Lipinski definition) is 0. The predicted molar refractivity (Wildman–Crippen MR) is 75.9 cm³/mol. The van der Waals surface area contributed by atoms with Crippen molar-refractivity contribution in [3.05, 3.63) is 35.4 Å². The summed E-state index contributed by atoms with van der Waals surface area (Å²) in [5.41, 5.74) is 1.00. The Morgan fingerprint density at radius 1 is 1.16 bits per heavy atom. The third kappa shape index (κ3) is 4.34. The van der Waals surface area contributed by atoms with E-state index in [9.17, 15) is 8.42 Å². The van der Waals surface area contributed by atoms with Gasteiger partial charge in [0.25, 0.3) is 0 Å². The molecule has 0 saturated heterocycles. The Labute approximate surface area is 115 Å². The average molecular weight is 280 g/mol.